The second kappa shape index (κ2) is 10.8. The van der Waals surface area contributed by atoms with Gasteiger partial charge in [0.05, 0.1) is 4.47 Å². The van der Waals surface area contributed by atoms with Crippen molar-refractivity contribution in [2.75, 3.05) is 0 Å². The molecule has 1 aromatic rings. The first kappa shape index (κ1) is 18.2. The van der Waals surface area contributed by atoms with Crippen molar-refractivity contribution in [3.63, 3.8) is 0 Å². The van der Waals surface area contributed by atoms with E-state index in [4.69, 9.17) is 0 Å². The van der Waals surface area contributed by atoms with Crippen LogP contribution in [0.15, 0.2) is 20.3 Å². The molecule has 0 spiro atoms. The van der Waals surface area contributed by atoms with Gasteiger partial charge in [0.2, 0.25) is 0 Å². The molecule has 0 unspecified atom stereocenters. The maximum Gasteiger partial charge on any atom is 0.328 e. The van der Waals surface area contributed by atoms with Crippen LogP contribution in [-0.4, -0.2) is 9.55 Å². The van der Waals surface area contributed by atoms with Gasteiger partial charge in [-0.2, -0.15) is 0 Å². The molecule has 1 rings (SSSR count). The molecule has 1 N–H and O–H groups in total. The van der Waals surface area contributed by atoms with Crippen molar-refractivity contribution < 1.29 is 0 Å². The van der Waals surface area contributed by atoms with Crippen LogP contribution in [0.1, 0.15) is 71.1 Å². The molecule has 0 radical (unpaired) electrons. The summed E-state index contributed by atoms with van der Waals surface area (Å²) in [6.45, 7) is 2.74. The average Bonchev–Trinajstić information content (AvgIpc) is 2.48. The lowest BCUT2D eigenvalue weighted by atomic mass is 10.1. The van der Waals surface area contributed by atoms with Gasteiger partial charge in [0.25, 0.3) is 5.56 Å². The summed E-state index contributed by atoms with van der Waals surface area (Å²) in [4.78, 5) is 25.9. The predicted molar refractivity (Wildman–Crippen MR) is 90.9 cm³/mol. The van der Waals surface area contributed by atoms with Gasteiger partial charge in [-0.1, -0.05) is 64.7 Å². The summed E-state index contributed by atoms with van der Waals surface area (Å²) in [5.41, 5.74) is -0.561. The minimum absolute atomic E-state index is 0.241. The van der Waals surface area contributed by atoms with Gasteiger partial charge in [-0.25, -0.2) is 4.79 Å². The second-order valence-corrected chi connectivity index (χ2v) is 6.43. The molecular weight excluding hydrogens is 332 g/mol. The lowest BCUT2D eigenvalue weighted by Gasteiger charge is -2.05. The fraction of sp³-hybridized carbons (Fsp3) is 0.750. The van der Waals surface area contributed by atoms with E-state index in [1.54, 1.807) is 0 Å². The number of nitrogens with one attached hydrogen (secondary N) is 1. The molecule has 0 aromatic carbocycles. The molecule has 120 valence electrons. The third-order valence-corrected chi connectivity index (χ3v) is 4.32. The van der Waals surface area contributed by atoms with Gasteiger partial charge in [0.1, 0.15) is 0 Å². The molecule has 0 saturated heterocycles. The Balaban J connectivity index is 2.11. The molecule has 0 atom stereocenters. The first-order valence-corrected chi connectivity index (χ1v) is 8.94. The minimum atomic E-state index is -0.320. The predicted octanol–water partition coefficient (Wildman–Crippen LogP) is 4.22. The highest BCUT2D eigenvalue weighted by molar-refractivity contribution is 9.10. The molecule has 21 heavy (non-hydrogen) atoms. The molecule has 5 heteroatoms. The van der Waals surface area contributed by atoms with Crippen LogP contribution in [0.4, 0.5) is 0 Å². The zero-order valence-electron chi connectivity index (χ0n) is 13.0. The van der Waals surface area contributed by atoms with Gasteiger partial charge >= 0.3 is 5.69 Å². The summed E-state index contributed by atoms with van der Waals surface area (Å²) in [6, 6.07) is 0. The van der Waals surface area contributed by atoms with E-state index >= 15 is 0 Å². The lowest BCUT2D eigenvalue weighted by molar-refractivity contribution is 0.520. The van der Waals surface area contributed by atoms with Crippen LogP contribution in [0.25, 0.3) is 0 Å². The SMILES string of the molecule is CCCCCCCCCCCCn1c(=O)[nH]cc(Br)c1=O. The van der Waals surface area contributed by atoms with E-state index in [2.05, 4.69) is 27.8 Å². The number of H-pyrrole nitrogens is 1. The number of halogens is 1. The molecule has 0 amide bonds. The highest BCUT2D eigenvalue weighted by atomic mass is 79.9. The van der Waals surface area contributed by atoms with Crippen molar-refractivity contribution in [3.8, 4) is 0 Å². The fourth-order valence-electron chi connectivity index (χ4n) is 2.45. The highest BCUT2D eigenvalue weighted by Gasteiger charge is 2.04. The van der Waals surface area contributed by atoms with Gasteiger partial charge in [0.15, 0.2) is 0 Å². The average molecular weight is 359 g/mol. The number of hydrogen-bond acceptors (Lipinski definition) is 2. The number of hydrogen-bond donors (Lipinski definition) is 1. The van der Waals surface area contributed by atoms with Crippen LogP contribution in [0.3, 0.4) is 0 Å². The molecule has 4 nitrogen and oxygen atoms in total. The van der Waals surface area contributed by atoms with Crippen molar-refractivity contribution >= 4 is 15.9 Å². The Labute approximate surface area is 135 Å². The second-order valence-electron chi connectivity index (χ2n) is 5.58. The fourth-order valence-corrected chi connectivity index (χ4v) is 2.77. The standard InChI is InChI=1S/C16H27BrN2O2/c1-2-3-4-5-6-7-8-9-10-11-12-19-15(20)14(17)13-18-16(19)21/h13H,2-12H2,1H3,(H,18,21). The van der Waals surface area contributed by atoms with Crippen LogP contribution in [-0.2, 0) is 6.54 Å². The summed E-state index contributed by atoms with van der Waals surface area (Å²) in [6.07, 6.45) is 13.8. The van der Waals surface area contributed by atoms with Crippen molar-refractivity contribution in [2.24, 2.45) is 0 Å². The first-order chi connectivity index (χ1) is 10.2. The largest absolute Gasteiger partial charge is 0.328 e. The van der Waals surface area contributed by atoms with E-state index in [9.17, 15) is 9.59 Å². The van der Waals surface area contributed by atoms with E-state index in [0.717, 1.165) is 12.8 Å². The Morgan fingerprint density at radius 1 is 0.952 bits per heavy atom. The lowest BCUT2D eigenvalue weighted by Crippen LogP contribution is -2.35. The summed E-state index contributed by atoms with van der Waals surface area (Å²) >= 11 is 3.15. The highest BCUT2D eigenvalue weighted by Crippen LogP contribution is 2.10. The summed E-state index contributed by atoms with van der Waals surface area (Å²) in [5, 5.41) is 0. The summed E-state index contributed by atoms with van der Waals surface area (Å²) < 4.78 is 1.68. The van der Waals surface area contributed by atoms with Gasteiger partial charge in [-0.3, -0.25) is 9.36 Å². The van der Waals surface area contributed by atoms with Gasteiger partial charge in [0, 0.05) is 12.7 Å². The van der Waals surface area contributed by atoms with E-state index < -0.39 is 0 Å². The Kier molecular flexibility index (Phi) is 9.39. The van der Waals surface area contributed by atoms with Crippen molar-refractivity contribution in [1.82, 2.24) is 9.55 Å². The van der Waals surface area contributed by atoms with Crippen LogP contribution in [0.2, 0.25) is 0 Å². The van der Waals surface area contributed by atoms with Crippen molar-refractivity contribution in [3.05, 3.63) is 31.5 Å². The topological polar surface area (TPSA) is 54.9 Å². The van der Waals surface area contributed by atoms with Crippen molar-refractivity contribution in [2.45, 2.75) is 77.7 Å². The molecule has 1 aromatic heterocycles. The minimum Gasteiger partial charge on any atom is -0.313 e. The zero-order valence-corrected chi connectivity index (χ0v) is 14.6. The van der Waals surface area contributed by atoms with E-state index in [1.165, 1.54) is 62.1 Å². The quantitative estimate of drug-likeness (QED) is 0.602. The monoisotopic (exact) mass is 358 g/mol. The Bertz CT molecular complexity index is 508. The number of aromatic amines is 1. The summed E-state index contributed by atoms with van der Waals surface area (Å²) in [5.74, 6) is 0. The van der Waals surface area contributed by atoms with Crippen LogP contribution in [0, 0.1) is 0 Å². The van der Waals surface area contributed by atoms with Crippen molar-refractivity contribution in [1.29, 1.82) is 0 Å². The van der Waals surface area contributed by atoms with E-state index in [-0.39, 0.29) is 11.2 Å². The number of unbranched alkanes of at least 4 members (excludes halogenated alkanes) is 9. The molecule has 0 saturated carbocycles. The summed E-state index contributed by atoms with van der Waals surface area (Å²) in [7, 11) is 0. The smallest absolute Gasteiger partial charge is 0.313 e. The van der Waals surface area contributed by atoms with Crippen LogP contribution >= 0.6 is 15.9 Å². The third kappa shape index (κ3) is 7.11. The van der Waals surface area contributed by atoms with Gasteiger partial charge < -0.3 is 4.98 Å². The van der Waals surface area contributed by atoms with E-state index in [1.807, 2.05) is 0 Å². The molecule has 0 fully saturated rings. The molecular formula is C16H27BrN2O2. The third-order valence-electron chi connectivity index (χ3n) is 3.75. The molecule has 0 aliphatic rings. The number of aromatic nitrogens is 2. The normalized spacial score (nSPS) is 11.0. The van der Waals surface area contributed by atoms with Crippen LogP contribution in [0.5, 0.6) is 0 Å². The molecule has 1 heterocycles. The number of rotatable bonds is 11. The van der Waals surface area contributed by atoms with E-state index in [0.29, 0.717) is 11.0 Å². The Morgan fingerprint density at radius 3 is 2.05 bits per heavy atom. The Hall–Kier alpha value is -0.840. The Morgan fingerprint density at radius 2 is 1.48 bits per heavy atom. The number of nitrogens with zero attached hydrogens (tertiary/aromatic N) is 1. The zero-order chi connectivity index (χ0) is 15.5. The first-order valence-electron chi connectivity index (χ1n) is 8.15. The van der Waals surface area contributed by atoms with Crippen LogP contribution < -0.4 is 11.2 Å². The maximum absolute atomic E-state index is 11.8. The molecule has 0 aliphatic heterocycles. The maximum atomic E-state index is 11.8. The molecule has 0 aliphatic carbocycles. The van der Waals surface area contributed by atoms with Gasteiger partial charge in [-0.05, 0) is 22.4 Å². The van der Waals surface area contributed by atoms with Gasteiger partial charge in [-0.15, -0.1) is 0 Å². The molecule has 0 bridgehead atoms.